The van der Waals surface area contributed by atoms with Crippen LogP contribution in [0.1, 0.15) is 18.3 Å². The van der Waals surface area contributed by atoms with Crippen molar-refractivity contribution in [3.8, 4) is 5.75 Å². The molecule has 1 aliphatic heterocycles. The van der Waals surface area contributed by atoms with Crippen LogP contribution in [0.3, 0.4) is 0 Å². The summed E-state index contributed by atoms with van der Waals surface area (Å²) in [6, 6.07) is 7.88. The summed E-state index contributed by atoms with van der Waals surface area (Å²) in [4.78, 5) is 24.8. The lowest BCUT2D eigenvalue weighted by atomic mass is 10.2. The molecular weight excluding hydrogens is 358 g/mol. The Morgan fingerprint density at radius 1 is 1.14 bits per heavy atom. The van der Waals surface area contributed by atoms with Crippen molar-refractivity contribution < 1.29 is 14.3 Å². The van der Waals surface area contributed by atoms with Gasteiger partial charge in [-0.15, -0.1) is 0 Å². The molecule has 1 aliphatic rings. The Labute approximate surface area is 165 Å². The minimum atomic E-state index is -0.255. The highest BCUT2D eigenvalue weighted by Gasteiger charge is 2.23. The van der Waals surface area contributed by atoms with Crippen LogP contribution in [0.15, 0.2) is 24.3 Å². The zero-order valence-corrected chi connectivity index (χ0v) is 16.9. The summed E-state index contributed by atoms with van der Waals surface area (Å²) >= 11 is 0. The number of methoxy groups -OCH3 is 1. The highest BCUT2D eigenvalue weighted by molar-refractivity contribution is 5.69. The smallest absolute Gasteiger partial charge is 0.409 e. The van der Waals surface area contributed by atoms with E-state index in [9.17, 15) is 4.79 Å². The van der Waals surface area contributed by atoms with Crippen molar-refractivity contribution in [1.82, 2.24) is 14.9 Å². The molecule has 150 valence electrons. The van der Waals surface area contributed by atoms with Gasteiger partial charge in [-0.2, -0.15) is 0 Å². The molecule has 8 heteroatoms. The quantitative estimate of drug-likeness (QED) is 0.847. The van der Waals surface area contributed by atoms with Crippen molar-refractivity contribution in [2.45, 2.75) is 20.8 Å². The number of benzene rings is 1. The molecule has 1 aromatic carbocycles. The summed E-state index contributed by atoms with van der Waals surface area (Å²) in [6.45, 7) is 8.72. The van der Waals surface area contributed by atoms with E-state index in [0.29, 0.717) is 44.4 Å². The standard InChI is InChI=1S/C20H27N5O3/c1-5-28-20(26)25-10-8-24(9-11-25)19-13-18(21-15(3)22-19)23-16-12-14(2)6-7-17(16)27-4/h6-7,12-13H,5,8-11H2,1-4H3,(H,21,22,23). The number of hydrogen-bond donors (Lipinski definition) is 1. The molecule has 1 fully saturated rings. The molecule has 0 unspecified atom stereocenters. The van der Waals surface area contributed by atoms with Crippen LogP contribution in [0.5, 0.6) is 5.75 Å². The predicted molar refractivity (Wildman–Crippen MR) is 109 cm³/mol. The molecule has 1 aromatic heterocycles. The average molecular weight is 385 g/mol. The number of carbonyl (C=O) groups excluding carboxylic acids is 1. The molecule has 2 heterocycles. The van der Waals surface area contributed by atoms with Crippen LogP contribution in [0.25, 0.3) is 0 Å². The minimum Gasteiger partial charge on any atom is -0.495 e. The Hall–Kier alpha value is -3.03. The van der Waals surface area contributed by atoms with E-state index in [1.165, 1.54) is 0 Å². The first-order valence-corrected chi connectivity index (χ1v) is 9.44. The molecule has 0 aliphatic carbocycles. The van der Waals surface area contributed by atoms with E-state index >= 15 is 0 Å². The maximum Gasteiger partial charge on any atom is 0.409 e. The van der Waals surface area contributed by atoms with Gasteiger partial charge < -0.3 is 24.6 Å². The molecule has 0 saturated carbocycles. The van der Waals surface area contributed by atoms with E-state index in [-0.39, 0.29) is 6.09 Å². The molecule has 0 radical (unpaired) electrons. The molecule has 28 heavy (non-hydrogen) atoms. The Bertz CT molecular complexity index is 835. The van der Waals surface area contributed by atoms with E-state index in [2.05, 4.69) is 20.2 Å². The predicted octanol–water partition coefficient (Wildman–Crippen LogP) is 3.12. The lowest BCUT2D eigenvalue weighted by Crippen LogP contribution is -2.49. The summed E-state index contributed by atoms with van der Waals surface area (Å²) in [7, 11) is 1.65. The molecule has 0 atom stereocenters. The van der Waals surface area contributed by atoms with Gasteiger partial charge in [0.1, 0.15) is 23.2 Å². The third-order valence-electron chi connectivity index (χ3n) is 4.57. The highest BCUT2D eigenvalue weighted by Crippen LogP contribution is 2.29. The van der Waals surface area contributed by atoms with Gasteiger partial charge in [0.05, 0.1) is 19.4 Å². The van der Waals surface area contributed by atoms with Crippen LogP contribution >= 0.6 is 0 Å². The minimum absolute atomic E-state index is 0.255. The largest absolute Gasteiger partial charge is 0.495 e. The summed E-state index contributed by atoms with van der Waals surface area (Å²) in [5.41, 5.74) is 1.99. The lowest BCUT2D eigenvalue weighted by Gasteiger charge is -2.34. The molecule has 1 saturated heterocycles. The second kappa shape index (κ2) is 8.77. The second-order valence-corrected chi connectivity index (χ2v) is 6.66. The van der Waals surface area contributed by atoms with Gasteiger partial charge >= 0.3 is 6.09 Å². The normalized spacial score (nSPS) is 14.0. The molecule has 0 bridgehead atoms. The molecule has 3 rings (SSSR count). The molecular formula is C20H27N5O3. The Kier molecular flexibility index (Phi) is 6.18. The number of aromatic nitrogens is 2. The van der Waals surface area contributed by atoms with Gasteiger partial charge in [0.15, 0.2) is 0 Å². The van der Waals surface area contributed by atoms with Crippen molar-refractivity contribution in [2.24, 2.45) is 0 Å². The number of aryl methyl sites for hydroxylation is 2. The van der Waals surface area contributed by atoms with Crippen LogP contribution in [-0.2, 0) is 4.74 Å². The van der Waals surface area contributed by atoms with Crippen molar-refractivity contribution in [3.05, 3.63) is 35.7 Å². The van der Waals surface area contributed by atoms with E-state index in [4.69, 9.17) is 9.47 Å². The summed E-state index contributed by atoms with van der Waals surface area (Å²) in [6.07, 6.45) is -0.255. The van der Waals surface area contributed by atoms with Crippen LogP contribution in [-0.4, -0.2) is 60.9 Å². The number of amides is 1. The number of piperazine rings is 1. The van der Waals surface area contributed by atoms with Crippen LogP contribution in [0, 0.1) is 13.8 Å². The number of nitrogens with zero attached hydrogens (tertiary/aromatic N) is 4. The van der Waals surface area contributed by atoms with E-state index in [1.807, 2.05) is 45.0 Å². The van der Waals surface area contributed by atoms with E-state index in [1.54, 1.807) is 12.0 Å². The fourth-order valence-electron chi connectivity index (χ4n) is 3.17. The maximum absolute atomic E-state index is 11.9. The number of carbonyl (C=O) groups is 1. The van der Waals surface area contributed by atoms with Crippen LogP contribution in [0.2, 0.25) is 0 Å². The number of rotatable bonds is 5. The van der Waals surface area contributed by atoms with Gasteiger partial charge in [0, 0.05) is 32.2 Å². The molecule has 2 aromatic rings. The molecule has 1 amide bonds. The van der Waals surface area contributed by atoms with Crippen molar-refractivity contribution >= 4 is 23.4 Å². The average Bonchev–Trinajstić information content (AvgIpc) is 2.68. The number of ether oxygens (including phenoxy) is 2. The highest BCUT2D eigenvalue weighted by atomic mass is 16.6. The fraction of sp³-hybridized carbons (Fsp3) is 0.450. The summed E-state index contributed by atoms with van der Waals surface area (Å²) < 4.78 is 10.5. The third-order valence-corrected chi connectivity index (χ3v) is 4.57. The first-order chi connectivity index (χ1) is 13.5. The van der Waals surface area contributed by atoms with Crippen molar-refractivity contribution in [1.29, 1.82) is 0 Å². The SMILES string of the molecule is CCOC(=O)N1CCN(c2cc(Nc3cc(C)ccc3OC)nc(C)n2)CC1. The molecule has 8 nitrogen and oxygen atoms in total. The second-order valence-electron chi connectivity index (χ2n) is 6.66. The Morgan fingerprint density at radius 2 is 1.89 bits per heavy atom. The number of hydrogen-bond acceptors (Lipinski definition) is 7. The van der Waals surface area contributed by atoms with Gasteiger partial charge in [-0.25, -0.2) is 14.8 Å². The lowest BCUT2D eigenvalue weighted by molar-refractivity contribution is 0.105. The van der Waals surface area contributed by atoms with E-state index < -0.39 is 0 Å². The summed E-state index contributed by atoms with van der Waals surface area (Å²) in [5.74, 6) is 2.98. The van der Waals surface area contributed by atoms with Crippen molar-refractivity contribution in [2.75, 3.05) is 50.1 Å². The first-order valence-electron chi connectivity index (χ1n) is 9.44. The fourth-order valence-corrected chi connectivity index (χ4v) is 3.17. The topological polar surface area (TPSA) is 79.8 Å². The van der Waals surface area contributed by atoms with Crippen LogP contribution in [0.4, 0.5) is 22.1 Å². The zero-order chi connectivity index (χ0) is 20.1. The molecule has 0 spiro atoms. The Balaban J connectivity index is 1.74. The van der Waals surface area contributed by atoms with Gasteiger partial charge in [0.2, 0.25) is 0 Å². The third kappa shape index (κ3) is 4.62. The van der Waals surface area contributed by atoms with Gasteiger partial charge in [-0.1, -0.05) is 6.07 Å². The summed E-state index contributed by atoms with van der Waals surface area (Å²) in [5, 5.41) is 3.34. The monoisotopic (exact) mass is 385 g/mol. The maximum atomic E-state index is 11.9. The first kappa shape index (κ1) is 19.7. The Morgan fingerprint density at radius 3 is 2.57 bits per heavy atom. The van der Waals surface area contributed by atoms with Gasteiger partial charge in [0.25, 0.3) is 0 Å². The van der Waals surface area contributed by atoms with Gasteiger partial charge in [-0.05, 0) is 38.5 Å². The molecule has 1 N–H and O–H groups in total. The zero-order valence-electron chi connectivity index (χ0n) is 16.9. The number of anilines is 3. The van der Waals surface area contributed by atoms with Gasteiger partial charge in [-0.3, -0.25) is 0 Å². The van der Waals surface area contributed by atoms with Crippen molar-refractivity contribution in [3.63, 3.8) is 0 Å². The van der Waals surface area contributed by atoms with Crippen LogP contribution < -0.4 is 15.0 Å². The van der Waals surface area contributed by atoms with E-state index in [0.717, 1.165) is 22.8 Å². The number of nitrogens with one attached hydrogen (secondary N) is 1.